The number of nitriles is 1. The Kier molecular flexibility index (Phi) is 4.30. The third-order valence-electron chi connectivity index (χ3n) is 1.80. The van der Waals surface area contributed by atoms with Gasteiger partial charge in [0.2, 0.25) is 0 Å². The van der Waals surface area contributed by atoms with Gasteiger partial charge in [0.25, 0.3) is 0 Å². The van der Waals surface area contributed by atoms with E-state index in [2.05, 4.69) is 0 Å². The SMILES string of the molecule is CC(C)C(C#N)C[C@H](N)C(=O)O. The van der Waals surface area contributed by atoms with Crippen LogP contribution >= 0.6 is 0 Å². The lowest BCUT2D eigenvalue weighted by molar-refractivity contribution is -0.138. The van der Waals surface area contributed by atoms with Crippen LogP contribution in [0.1, 0.15) is 20.3 Å². The molecule has 2 atom stereocenters. The van der Waals surface area contributed by atoms with Gasteiger partial charge in [0, 0.05) is 0 Å². The molecule has 0 spiro atoms. The van der Waals surface area contributed by atoms with Crippen molar-refractivity contribution in [2.45, 2.75) is 26.3 Å². The lowest BCUT2D eigenvalue weighted by Crippen LogP contribution is -2.33. The quantitative estimate of drug-likeness (QED) is 0.646. The molecule has 0 aliphatic carbocycles. The standard InChI is InChI=1S/C8H14N2O2/c1-5(2)6(4-9)3-7(10)8(11)12/h5-7H,3,10H2,1-2H3,(H,11,12)/t6?,7-/m0/s1. The second-order valence-corrected chi connectivity index (χ2v) is 3.16. The number of carbonyl (C=O) groups is 1. The fraction of sp³-hybridized carbons (Fsp3) is 0.750. The van der Waals surface area contributed by atoms with E-state index >= 15 is 0 Å². The van der Waals surface area contributed by atoms with Crippen molar-refractivity contribution < 1.29 is 9.90 Å². The molecule has 0 heterocycles. The monoisotopic (exact) mass is 170 g/mol. The molecule has 0 aliphatic heterocycles. The van der Waals surface area contributed by atoms with Crippen LogP contribution in [0.15, 0.2) is 0 Å². The average molecular weight is 170 g/mol. The maximum atomic E-state index is 10.3. The zero-order valence-electron chi connectivity index (χ0n) is 7.32. The summed E-state index contributed by atoms with van der Waals surface area (Å²) in [6.45, 7) is 3.75. The second-order valence-electron chi connectivity index (χ2n) is 3.16. The van der Waals surface area contributed by atoms with Crippen molar-refractivity contribution in [2.24, 2.45) is 17.6 Å². The highest BCUT2D eigenvalue weighted by atomic mass is 16.4. The third kappa shape index (κ3) is 3.35. The van der Waals surface area contributed by atoms with Crippen molar-refractivity contribution in [3.63, 3.8) is 0 Å². The van der Waals surface area contributed by atoms with E-state index in [0.717, 1.165) is 0 Å². The fourth-order valence-corrected chi connectivity index (χ4v) is 0.848. The average Bonchev–Trinajstić information content (AvgIpc) is 1.98. The highest BCUT2D eigenvalue weighted by molar-refractivity contribution is 5.73. The van der Waals surface area contributed by atoms with Gasteiger partial charge in [-0.25, -0.2) is 0 Å². The van der Waals surface area contributed by atoms with Crippen LogP contribution in [0.4, 0.5) is 0 Å². The normalized spacial score (nSPS) is 15.2. The van der Waals surface area contributed by atoms with Crippen molar-refractivity contribution in [3.05, 3.63) is 0 Å². The number of nitrogens with zero attached hydrogens (tertiary/aromatic N) is 1. The molecule has 0 aromatic heterocycles. The smallest absolute Gasteiger partial charge is 0.320 e. The molecule has 0 saturated carbocycles. The van der Waals surface area contributed by atoms with Crippen LogP contribution in [-0.2, 0) is 4.79 Å². The molecule has 4 nitrogen and oxygen atoms in total. The van der Waals surface area contributed by atoms with E-state index in [-0.39, 0.29) is 18.3 Å². The van der Waals surface area contributed by atoms with Crippen LogP contribution in [0, 0.1) is 23.2 Å². The molecular weight excluding hydrogens is 156 g/mol. The number of aliphatic carboxylic acids is 1. The molecule has 0 saturated heterocycles. The molecule has 12 heavy (non-hydrogen) atoms. The molecule has 0 bridgehead atoms. The minimum Gasteiger partial charge on any atom is -0.480 e. The predicted molar refractivity (Wildman–Crippen MR) is 44.2 cm³/mol. The van der Waals surface area contributed by atoms with Crippen LogP contribution in [0.3, 0.4) is 0 Å². The van der Waals surface area contributed by atoms with E-state index < -0.39 is 12.0 Å². The summed E-state index contributed by atoms with van der Waals surface area (Å²) in [4.78, 5) is 10.3. The van der Waals surface area contributed by atoms with Gasteiger partial charge in [-0.15, -0.1) is 0 Å². The largest absolute Gasteiger partial charge is 0.480 e. The molecule has 3 N–H and O–H groups in total. The number of hydrogen-bond acceptors (Lipinski definition) is 3. The van der Waals surface area contributed by atoms with Gasteiger partial charge >= 0.3 is 5.97 Å². The summed E-state index contributed by atoms with van der Waals surface area (Å²) in [6, 6.07) is 1.12. The first-order valence-corrected chi connectivity index (χ1v) is 3.87. The Hall–Kier alpha value is -1.08. The summed E-state index contributed by atoms with van der Waals surface area (Å²) in [7, 11) is 0. The van der Waals surface area contributed by atoms with Crippen LogP contribution < -0.4 is 5.73 Å². The fourth-order valence-electron chi connectivity index (χ4n) is 0.848. The number of rotatable bonds is 4. The minimum atomic E-state index is -1.05. The number of hydrogen-bond donors (Lipinski definition) is 2. The van der Waals surface area contributed by atoms with E-state index in [0.29, 0.717) is 0 Å². The van der Waals surface area contributed by atoms with E-state index in [1.54, 1.807) is 0 Å². The first kappa shape index (κ1) is 10.9. The molecule has 0 fully saturated rings. The van der Waals surface area contributed by atoms with E-state index in [4.69, 9.17) is 16.1 Å². The van der Waals surface area contributed by atoms with E-state index in [9.17, 15) is 4.79 Å². The van der Waals surface area contributed by atoms with Crippen LogP contribution in [0.2, 0.25) is 0 Å². The summed E-state index contributed by atoms with van der Waals surface area (Å²) in [6.07, 6.45) is 0.226. The lowest BCUT2D eigenvalue weighted by Gasteiger charge is -2.14. The van der Waals surface area contributed by atoms with Crippen LogP contribution in [0.25, 0.3) is 0 Å². The maximum Gasteiger partial charge on any atom is 0.320 e. The topological polar surface area (TPSA) is 87.1 Å². The molecular formula is C8H14N2O2. The summed E-state index contributed by atoms with van der Waals surface area (Å²) >= 11 is 0. The van der Waals surface area contributed by atoms with Gasteiger partial charge in [0.05, 0.1) is 12.0 Å². The highest BCUT2D eigenvalue weighted by Gasteiger charge is 2.20. The minimum absolute atomic E-state index is 0.153. The van der Waals surface area contributed by atoms with E-state index in [1.165, 1.54) is 0 Å². The van der Waals surface area contributed by atoms with Crippen LogP contribution in [-0.4, -0.2) is 17.1 Å². The molecule has 0 aromatic carbocycles. The van der Waals surface area contributed by atoms with Crippen molar-refractivity contribution in [2.75, 3.05) is 0 Å². The Labute approximate surface area is 72.0 Å². The van der Waals surface area contributed by atoms with Crippen molar-refractivity contribution >= 4 is 5.97 Å². The molecule has 0 aliphatic rings. The number of nitrogens with two attached hydrogens (primary N) is 1. The van der Waals surface area contributed by atoms with E-state index in [1.807, 2.05) is 19.9 Å². The van der Waals surface area contributed by atoms with Crippen molar-refractivity contribution in [1.29, 1.82) is 5.26 Å². The van der Waals surface area contributed by atoms with Gasteiger partial charge in [0.1, 0.15) is 6.04 Å². The lowest BCUT2D eigenvalue weighted by atomic mass is 9.91. The Morgan fingerprint density at radius 1 is 1.67 bits per heavy atom. The Balaban J connectivity index is 4.05. The van der Waals surface area contributed by atoms with Gasteiger partial charge in [-0.05, 0) is 12.3 Å². The van der Waals surface area contributed by atoms with Crippen molar-refractivity contribution in [3.8, 4) is 6.07 Å². The molecule has 1 unspecified atom stereocenters. The second kappa shape index (κ2) is 4.73. The predicted octanol–water partition coefficient (Wildman–Crippen LogP) is 0.584. The number of carboxylic acid groups (broad SMARTS) is 1. The van der Waals surface area contributed by atoms with Gasteiger partial charge in [0.15, 0.2) is 0 Å². The summed E-state index contributed by atoms with van der Waals surface area (Å²) < 4.78 is 0. The maximum absolute atomic E-state index is 10.3. The van der Waals surface area contributed by atoms with Gasteiger partial charge in [-0.2, -0.15) is 5.26 Å². The Morgan fingerprint density at radius 3 is 2.42 bits per heavy atom. The molecule has 68 valence electrons. The first-order valence-electron chi connectivity index (χ1n) is 3.87. The number of carboxylic acids is 1. The first-order chi connectivity index (χ1) is 5.49. The molecule has 0 radical (unpaired) electrons. The Morgan fingerprint density at radius 2 is 2.17 bits per heavy atom. The summed E-state index contributed by atoms with van der Waals surface area (Å²) in [5.74, 6) is -1.16. The summed E-state index contributed by atoms with van der Waals surface area (Å²) in [5.41, 5.74) is 5.28. The molecule has 4 heteroatoms. The highest BCUT2D eigenvalue weighted by Crippen LogP contribution is 2.15. The third-order valence-corrected chi connectivity index (χ3v) is 1.80. The van der Waals surface area contributed by atoms with Crippen LogP contribution in [0.5, 0.6) is 0 Å². The molecule has 0 amide bonds. The van der Waals surface area contributed by atoms with Crippen molar-refractivity contribution in [1.82, 2.24) is 0 Å². The zero-order valence-corrected chi connectivity index (χ0v) is 7.32. The molecule has 0 aromatic rings. The Bertz CT molecular complexity index is 196. The summed E-state index contributed by atoms with van der Waals surface area (Å²) in [5, 5.41) is 17.1. The van der Waals surface area contributed by atoms with Gasteiger partial charge < -0.3 is 10.8 Å². The van der Waals surface area contributed by atoms with Gasteiger partial charge in [-0.3, -0.25) is 4.79 Å². The zero-order chi connectivity index (χ0) is 9.72. The van der Waals surface area contributed by atoms with Gasteiger partial charge in [-0.1, -0.05) is 13.8 Å². The molecule has 0 rings (SSSR count).